The van der Waals surface area contributed by atoms with Gasteiger partial charge in [0.25, 0.3) is 0 Å². The third-order valence-corrected chi connectivity index (χ3v) is 7.35. The van der Waals surface area contributed by atoms with Gasteiger partial charge in [-0.15, -0.1) is 11.8 Å². The van der Waals surface area contributed by atoms with E-state index in [2.05, 4.69) is 43.0 Å². The standard InChI is InChI=1S/C24H31N3O2S2/c1-17-8-11-19(12-9-17)30-16-6-7-21(28)27(15-14-26(3)4)24-25-22-20(29-5)13-10-18(2)23(22)31-24/h8-13H,6-7,14-16H2,1-5H3. The number of ether oxygens (including phenoxy) is 1. The number of carbonyl (C=O) groups excluding carboxylic acids is 1. The summed E-state index contributed by atoms with van der Waals surface area (Å²) in [4.78, 5) is 23.1. The Hall–Kier alpha value is -2.09. The minimum atomic E-state index is 0.127. The second kappa shape index (κ2) is 11.0. The predicted octanol–water partition coefficient (Wildman–Crippen LogP) is 5.39. The van der Waals surface area contributed by atoms with Crippen molar-refractivity contribution in [3.8, 4) is 5.75 Å². The van der Waals surface area contributed by atoms with Gasteiger partial charge < -0.3 is 9.64 Å². The van der Waals surface area contributed by atoms with E-state index < -0.39 is 0 Å². The second-order valence-corrected chi connectivity index (χ2v) is 10.0. The molecule has 1 heterocycles. The number of likely N-dealkylation sites (N-methyl/N-ethyl adjacent to an activating group) is 1. The van der Waals surface area contributed by atoms with Gasteiger partial charge in [-0.3, -0.25) is 9.69 Å². The van der Waals surface area contributed by atoms with Crippen molar-refractivity contribution >= 4 is 44.4 Å². The normalized spacial score (nSPS) is 11.3. The number of thioether (sulfide) groups is 1. The Kier molecular flexibility index (Phi) is 8.35. The van der Waals surface area contributed by atoms with Crippen LogP contribution in [0.2, 0.25) is 0 Å². The summed E-state index contributed by atoms with van der Waals surface area (Å²) >= 11 is 3.37. The van der Waals surface area contributed by atoms with Gasteiger partial charge in [-0.25, -0.2) is 4.98 Å². The van der Waals surface area contributed by atoms with Crippen LogP contribution >= 0.6 is 23.1 Å². The summed E-state index contributed by atoms with van der Waals surface area (Å²) in [5.41, 5.74) is 3.24. The molecule has 166 valence electrons. The van der Waals surface area contributed by atoms with Crippen LogP contribution in [0.25, 0.3) is 10.2 Å². The Morgan fingerprint density at radius 2 is 1.84 bits per heavy atom. The highest BCUT2D eigenvalue weighted by Crippen LogP contribution is 2.36. The lowest BCUT2D eigenvalue weighted by Crippen LogP contribution is -2.36. The monoisotopic (exact) mass is 457 g/mol. The van der Waals surface area contributed by atoms with Crippen LogP contribution in [-0.2, 0) is 4.79 Å². The number of fused-ring (bicyclic) bond motifs is 1. The number of rotatable bonds is 10. The van der Waals surface area contributed by atoms with Gasteiger partial charge in [0.15, 0.2) is 5.13 Å². The molecule has 0 saturated heterocycles. The van der Waals surface area contributed by atoms with Crippen molar-refractivity contribution < 1.29 is 9.53 Å². The third-order valence-electron chi connectivity index (χ3n) is 5.04. The van der Waals surface area contributed by atoms with Gasteiger partial charge in [0, 0.05) is 24.4 Å². The number of amides is 1. The van der Waals surface area contributed by atoms with E-state index in [-0.39, 0.29) is 5.91 Å². The Labute approximate surface area is 193 Å². The highest BCUT2D eigenvalue weighted by Gasteiger charge is 2.21. The first kappa shape index (κ1) is 23.6. The SMILES string of the molecule is COc1ccc(C)c2sc(N(CCN(C)C)C(=O)CCCSc3ccc(C)cc3)nc12. The summed E-state index contributed by atoms with van der Waals surface area (Å²) in [6, 6.07) is 12.5. The first-order valence-electron chi connectivity index (χ1n) is 10.5. The van der Waals surface area contributed by atoms with Crippen LogP contribution in [0.4, 0.5) is 5.13 Å². The molecule has 0 unspecified atom stereocenters. The van der Waals surface area contributed by atoms with Gasteiger partial charge in [-0.2, -0.15) is 0 Å². The van der Waals surface area contributed by atoms with Crippen molar-refractivity contribution in [3.05, 3.63) is 47.5 Å². The molecule has 0 saturated carbocycles. The van der Waals surface area contributed by atoms with E-state index >= 15 is 0 Å². The van der Waals surface area contributed by atoms with Crippen molar-refractivity contribution in [2.24, 2.45) is 0 Å². The van der Waals surface area contributed by atoms with E-state index in [4.69, 9.17) is 9.72 Å². The molecule has 0 spiro atoms. The summed E-state index contributed by atoms with van der Waals surface area (Å²) in [7, 11) is 5.70. The molecular formula is C24H31N3O2S2. The van der Waals surface area contributed by atoms with E-state index in [1.807, 2.05) is 31.1 Å². The number of aryl methyl sites for hydroxylation is 2. The van der Waals surface area contributed by atoms with E-state index in [0.29, 0.717) is 13.0 Å². The van der Waals surface area contributed by atoms with Crippen LogP contribution in [0, 0.1) is 13.8 Å². The average molecular weight is 458 g/mol. The summed E-state index contributed by atoms with van der Waals surface area (Å²) in [6.45, 7) is 5.57. The minimum absolute atomic E-state index is 0.127. The lowest BCUT2D eigenvalue weighted by molar-refractivity contribution is -0.118. The van der Waals surface area contributed by atoms with Crippen LogP contribution in [-0.4, -0.2) is 55.8 Å². The Morgan fingerprint density at radius 3 is 2.52 bits per heavy atom. The fourth-order valence-corrected chi connectivity index (χ4v) is 5.14. The molecule has 0 aliphatic rings. The van der Waals surface area contributed by atoms with Crippen molar-refractivity contribution in [1.29, 1.82) is 0 Å². The predicted molar refractivity (Wildman–Crippen MR) is 133 cm³/mol. The molecule has 0 radical (unpaired) electrons. The van der Waals surface area contributed by atoms with Gasteiger partial charge in [-0.05, 0) is 63.9 Å². The van der Waals surface area contributed by atoms with Crippen LogP contribution in [0.5, 0.6) is 5.75 Å². The molecule has 3 aromatic rings. The number of hydrogen-bond acceptors (Lipinski definition) is 6. The maximum atomic E-state index is 13.2. The van der Waals surface area contributed by atoms with Crippen molar-refractivity contribution in [2.75, 3.05) is 44.9 Å². The molecule has 0 bridgehead atoms. The largest absolute Gasteiger partial charge is 0.494 e. The average Bonchev–Trinajstić information content (AvgIpc) is 3.19. The van der Waals surface area contributed by atoms with Gasteiger partial charge in [0.2, 0.25) is 5.91 Å². The smallest absolute Gasteiger partial charge is 0.228 e. The molecular weight excluding hydrogens is 426 g/mol. The lowest BCUT2D eigenvalue weighted by atomic mass is 10.2. The molecule has 2 aromatic carbocycles. The molecule has 1 amide bonds. The van der Waals surface area contributed by atoms with Gasteiger partial charge >= 0.3 is 0 Å². The maximum absolute atomic E-state index is 13.2. The number of benzene rings is 2. The molecule has 0 fully saturated rings. The Morgan fingerprint density at radius 1 is 1.10 bits per heavy atom. The van der Waals surface area contributed by atoms with Crippen LogP contribution in [0.1, 0.15) is 24.0 Å². The zero-order valence-corrected chi connectivity index (χ0v) is 20.6. The van der Waals surface area contributed by atoms with Gasteiger partial charge in [0.1, 0.15) is 11.3 Å². The third kappa shape index (κ3) is 6.21. The summed E-state index contributed by atoms with van der Waals surface area (Å²) in [5, 5.41) is 0.751. The minimum Gasteiger partial charge on any atom is -0.494 e. The quantitative estimate of drug-likeness (QED) is 0.302. The molecule has 0 N–H and O–H groups in total. The Balaban J connectivity index is 1.71. The zero-order chi connectivity index (χ0) is 22.4. The van der Waals surface area contributed by atoms with E-state index in [1.54, 1.807) is 30.2 Å². The first-order valence-corrected chi connectivity index (χ1v) is 12.3. The molecule has 5 nitrogen and oxygen atoms in total. The summed E-state index contributed by atoms with van der Waals surface area (Å²) in [5.74, 6) is 1.79. The molecule has 31 heavy (non-hydrogen) atoms. The van der Waals surface area contributed by atoms with Crippen LogP contribution < -0.4 is 9.64 Å². The number of anilines is 1. The van der Waals surface area contributed by atoms with Crippen molar-refractivity contribution in [2.45, 2.75) is 31.6 Å². The highest BCUT2D eigenvalue weighted by molar-refractivity contribution is 7.99. The molecule has 0 aliphatic heterocycles. The molecule has 1 aromatic heterocycles. The van der Waals surface area contributed by atoms with Crippen molar-refractivity contribution in [3.63, 3.8) is 0 Å². The number of carbonyl (C=O) groups is 1. The highest BCUT2D eigenvalue weighted by atomic mass is 32.2. The maximum Gasteiger partial charge on any atom is 0.228 e. The molecule has 3 rings (SSSR count). The van der Waals surface area contributed by atoms with Crippen LogP contribution in [0.3, 0.4) is 0 Å². The van der Waals surface area contributed by atoms with E-state index in [0.717, 1.165) is 45.4 Å². The number of hydrogen-bond donors (Lipinski definition) is 0. The second-order valence-electron chi connectivity index (χ2n) is 7.87. The molecule has 0 atom stereocenters. The summed E-state index contributed by atoms with van der Waals surface area (Å²) < 4.78 is 6.57. The fourth-order valence-electron chi connectivity index (χ4n) is 3.19. The topological polar surface area (TPSA) is 45.7 Å². The number of methoxy groups -OCH3 is 1. The zero-order valence-electron chi connectivity index (χ0n) is 19.0. The molecule has 0 aliphatic carbocycles. The van der Waals surface area contributed by atoms with Crippen molar-refractivity contribution in [1.82, 2.24) is 9.88 Å². The van der Waals surface area contributed by atoms with Crippen LogP contribution in [0.15, 0.2) is 41.3 Å². The van der Waals surface area contributed by atoms with E-state index in [9.17, 15) is 4.79 Å². The van der Waals surface area contributed by atoms with Gasteiger partial charge in [0.05, 0.1) is 11.8 Å². The van der Waals surface area contributed by atoms with Gasteiger partial charge in [-0.1, -0.05) is 35.1 Å². The lowest BCUT2D eigenvalue weighted by Gasteiger charge is -2.22. The fraction of sp³-hybridized carbons (Fsp3) is 0.417. The number of thiazole rings is 1. The van der Waals surface area contributed by atoms with E-state index in [1.165, 1.54) is 10.5 Å². The number of nitrogens with zero attached hydrogens (tertiary/aromatic N) is 3. The molecule has 7 heteroatoms. The Bertz CT molecular complexity index is 1020. The number of aromatic nitrogens is 1. The summed E-state index contributed by atoms with van der Waals surface area (Å²) in [6.07, 6.45) is 1.35. The first-order chi connectivity index (χ1) is 14.9.